The van der Waals surface area contributed by atoms with E-state index in [0.717, 1.165) is 44.1 Å². The minimum atomic E-state index is 0.776. The van der Waals surface area contributed by atoms with Crippen molar-refractivity contribution < 1.29 is 4.74 Å². The number of hydrogen-bond acceptors (Lipinski definition) is 4. The Bertz CT molecular complexity index is 1200. The van der Waals surface area contributed by atoms with Crippen LogP contribution in [0.5, 0.6) is 0 Å². The average Bonchev–Trinajstić information content (AvgIpc) is 3.47. The van der Waals surface area contributed by atoms with Gasteiger partial charge in [-0.3, -0.25) is 4.99 Å². The van der Waals surface area contributed by atoms with E-state index in [-0.39, 0.29) is 0 Å². The summed E-state index contributed by atoms with van der Waals surface area (Å²) in [5, 5.41) is 0. The smallest absolute Gasteiger partial charge is 0.0991 e. The van der Waals surface area contributed by atoms with Crippen molar-refractivity contribution in [2.75, 3.05) is 31.2 Å². The minimum Gasteiger partial charge on any atom is -0.378 e. The molecule has 0 amide bonds. The van der Waals surface area contributed by atoms with E-state index >= 15 is 0 Å². The standard InChI is InChI=1S/C25H22N4O/c1-2-4-23-20(3-1)21-7-5-18(15-24(21)27-23)22-16-19(28-11-13-30-14-12-28)6-8-25(22)29-10-9-26-17-29/h1-3,5-10,15-17H,4,11-14H2. The molecule has 1 fully saturated rings. The molecule has 30 heavy (non-hydrogen) atoms. The number of aliphatic imine (C=N–C) groups is 1. The second-order valence-electron chi connectivity index (χ2n) is 7.77. The Kier molecular flexibility index (Phi) is 4.13. The van der Waals surface area contributed by atoms with E-state index in [9.17, 15) is 0 Å². The number of benzene rings is 2. The van der Waals surface area contributed by atoms with Gasteiger partial charge in [-0.2, -0.15) is 0 Å². The van der Waals surface area contributed by atoms with Gasteiger partial charge in [0.1, 0.15) is 0 Å². The van der Waals surface area contributed by atoms with Crippen LogP contribution in [-0.4, -0.2) is 41.6 Å². The van der Waals surface area contributed by atoms with Crippen LogP contribution >= 0.6 is 0 Å². The first-order chi connectivity index (χ1) is 14.9. The van der Waals surface area contributed by atoms with Crippen molar-refractivity contribution in [2.45, 2.75) is 6.42 Å². The Hall–Kier alpha value is -3.44. The molecule has 0 saturated carbocycles. The lowest BCUT2D eigenvalue weighted by molar-refractivity contribution is 0.122. The summed E-state index contributed by atoms with van der Waals surface area (Å²) in [6.07, 6.45) is 13.0. The lowest BCUT2D eigenvalue weighted by atomic mass is 9.94. The largest absolute Gasteiger partial charge is 0.378 e. The number of nitrogens with zero attached hydrogens (tertiary/aromatic N) is 4. The van der Waals surface area contributed by atoms with Gasteiger partial charge >= 0.3 is 0 Å². The van der Waals surface area contributed by atoms with Gasteiger partial charge in [-0.05, 0) is 29.8 Å². The fourth-order valence-corrected chi connectivity index (χ4v) is 4.47. The van der Waals surface area contributed by atoms with Crippen LogP contribution in [0.15, 0.2) is 78.3 Å². The molecule has 1 saturated heterocycles. The molecule has 148 valence electrons. The van der Waals surface area contributed by atoms with E-state index in [0.29, 0.717) is 0 Å². The van der Waals surface area contributed by atoms with Crippen molar-refractivity contribution in [3.05, 3.63) is 78.9 Å². The molecule has 5 nitrogen and oxygen atoms in total. The highest BCUT2D eigenvalue weighted by molar-refractivity contribution is 6.30. The second-order valence-corrected chi connectivity index (χ2v) is 7.77. The fraction of sp³-hybridized carbons (Fsp3) is 0.200. The number of allylic oxidation sites excluding steroid dienone is 4. The SMILES string of the molecule is C1=CCC2=Nc3cc(-c4cc(N5CCOCC5)ccc4-n4ccnc4)ccc3C2=C1. The second kappa shape index (κ2) is 7.11. The van der Waals surface area contributed by atoms with Gasteiger partial charge in [-0.1, -0.05) is 30.4 Å². The van der Waals surface area contributed by atoms with Crippen molar-refractivity contribution in [1.29, 1.82) is 0 Å². The molecule has 3 heterocycles. The number of fused-ring (bicyclic) bond motifs is 3. The summed E-state index contributed by atoms with van der Waals surface area (Å²) in [4.78, 5) is 11.6. The number of imidazole rings is 1. The van der Waals surface area contributed by atoms with Crippen molar-refractivity contribution in [3.63, 3.8) is 0 Å². The molecule has 1 aliphatic carbocycles. The molecule has 6 rings (SSSR count). The molecule has 2 aliphatic heterocycles. The molecular formula is C25H22N4O. The summed E-state index contributed by atoms with van der Waals surface area (Å²) in [6.45, 7) is 3.39. The van der Waals surface area contributed by atoms with Crippen LogP contribution < -0.4 is 4.90 Å². The third-order valence-electron chi connectivity index (χ3n) is 6.01. The highest BCUT2D eigenvalue weighted by Gasteiger charge is 2.22. The summed E-state index contributed by atoms with van der Waals surface area (Å²) in [7, 11) is 0. The van der Waals surface area contributed by atoms with Crippen LogP contribution in [0.1, 0.15) is 12.0 Å². The maximum atomic E-state index is 5.54. The molecule has 0 N–H and O–H groups in total. The quantitative estimate of drug-likeness (QED) is 0.641. The number of anilines is 1. The predicted molar refractivity (Wildman–Crippen MR) is 121 cm³/mol. The summed E-state index contributed by atoms with van der Waals surface area (Å²) in [6, 6.07) is 13.3. The van der Waals surface area contributed by atoms with E-state index in [1.807, 2.05) is 18.7 Å². The number of ether oxygens (including phenoxy) is 1. The van der Waals surface area contributed by atoms with Gasteiger partial charge in [0.25, 0.3) is 0 Å². The summed E-state index contributed by atoms with van der Waals surface area (Å²) in [5.74, 6) is 0. The number of aromatic nitrogens is 2. The summed E-state index contributed by atoms with van der Waals surface area (Å²) < 4.78 is 7.61. The fourth-order valence-electron chi connectivity index (χ4n) is 4.47. The molecular weight excluding hydrogens is 372 g/mol. The van der Waals surface area contributed by atoms with Gasteiger partial charge in [-0.15, -0.1) is 0 Å². The lowest BCUT2D eigenvalue weighted by Gasteiger charge is -2.29. The van der Waals surface area contributed by atoms with Crippen LogP contribution in [-0.2, 0) is 4.74 Å². The first-order valence-corrected chi connectivity index (χ1v) is 10.4. The van der Waals surface area contributed by atoms with E-state index in [4.69, 9.17) is 9.73 Å². The topological polar surface area (TPSA) is 42.6 Å². The monoisotopic (exact) mass is 394 g/mol. The van der Waals surface area contributed by atoms with Crippen molar-refractivity contribution >= 4 is 22.7 Å². The zero-order chi connectivity index (χ0) is 19.9. The summed E-state index contributed by atoms with van der Waals surface area (Å²) in [5.41, 5.74) is 9.42. The molecule has 0 unspecified atom stereocenters. The van der Waals surface area contributed by atoms with Crippen LogP contribution in [0.4, 0.5) is 11.4 Å². The molecule has 5 heteroatoms. The number of hydrogen-bond donors (Lipinski definition) is 0. The van der Waals surface area contributed by atoms with E-state index < -0.39 is 0 Å². The summed E-state index contributed by atoms with van der Waals surface area (Å²) >= 11 is 0. The molecule has 2 aromatic carbocycles. The zero-order valence-corrected chi connectivity index (χ0v) is 16.7. The molecule has 1 aromatic heterocycles. The lowest BCUT2D eigenvalue weighted by Crippen LogP contribution is -2.36. The third-order valence-corrected chi connectivity index (χ3v) is 6.01. The van der Waals surface area contributed by atoms with E-state index in [1.54, 1.807) is 0 Å². The normalized spacial score (nSPS) is 17.4. The Balaban J connectivity index is 1.47. The molecule has 0 bridgehead atoms. The van der Waals surface area contributed by atoms with Crippen LogP contribution in [0.25, 0.3) is 22.4 Å². The number of morpholine rings is 1. The molecule has 3 aromatic rings. The molecule has 0 spiro atoms. The molecule has 0 atom stereocenters. The Labute approximate surface area is 175 Å². The van der Waals surface area contributed by atoms with Gasteiger partial charge < -0.3 is 14.2 Å². The van der Waals surface area contributed by atoms with Gasteiger partial charge in [-0.25, -0.2) is 4.98 Å². The zero-order valence-electron chi connectivity index (χ0n) is 16.7. The van der Waals surface area contributed by atoms with Crippen LogP contribution in [0, 0.1) is 0 Å². The van der Waals surface area contributed by atoms with Crippen LogP contribution in [0.2, 0.25) is 0 Å². The highest BCUT2D eigenvalue weighted by atomic mass is 16.5. The number of rotatable bonds is 3. The van der Waals surface area contributed by atoms with Gasteiger partial charge in [0.15, 0.2) is 0 Å². The first kappa shape index (κ1) is 17.4. The Morgan fingerprint density at radius 1 is 0.967 bits per heavy atom. The van der Waals surface area contributed by atoms with E-state index in [1.165, 1.54) is 33.7 Å². The highest BCUT2D eigenvalue weighted by Crippen LogP contribution is 2.41. The molecule has 0 radical (unpaired) electrons. The van der Waals surface area contributed by atoms with Gasteiger partial charge in [0, 0.05) is 54.3 Å². The van der Waals surface area contributed by atoms with Gasteiger partial charge in [0.05, 0.1) is 36.6 Å². The average molecular weight is 394 g/mol. The van der Waals surface area contributed by atoms with Crippen molar-refractivity contribution in [1.82, 2.24) is 9.55 Å². The van der Waals surface area contributed by atoms with Crippen molar-refractivity contribution in [3.8, 4) is 16.8 Å². The molecule has 3 aliphatic rings. The predicted octanol–water partition coefficient (Wildman–Crippen LogP) is 4.81. The van der Waals surface area contributed by atoms with Crippen molar-refractivity contribution in [2.24, 2.45) is 4.99 Å². The van der Waals surface area contributed by atoms with E-state index in [2.05, 4.69) is 69.1 Å². The Morgan fingerprint density at radius 3 is 2.77 bits per heavy atom. The van der Waals surface area contributed by atoms with Crippen LogP contribution in [0.3, 0.4) is 0 Å². The first-order valence-electron chi connectivity index (χ1n) is 10.4. The maximum absolute atomic E-state index is 5.54. The van der Waals surface area contributed by atoms with Gasteiger partial charge in [0.2, 0.25) is 0 Å². The third kappa shape index (κ3) is 2.90. The maximum Gasteiger partial charge on any atom is 0.0991 e. The minimum absolute atomic E-state index is 0.776. The Morgan fingerprint density at radius 2 is 1.90 bits per heavy atom.